The Morgan fingerprint density at radius 2 is 1.68 bits per heavy atom. The van der Waals surface area contributed by atoms with E-state index >= 15 is 0 Å². The molecule has 0 unspecified atom stereocenters. The third-order valence-electron chi connectivity index (χ3n) is 6.87. The maximum atomic E-state index is 13.8. The van der Waals surface area contributed by atoms with Crippen LogP contribution in [-0.4, -0.2) is 41.0 Å². The van der Waals surface area contributed by atoms with Gasteiger partial charge in [-0.05, 0) is 66.6 Å². The summed E-state index contributed by atoms with van der Waals surface area (Å²) < 4.78 is 42.3. The second-order valence-electron chi connectivity index (χ2n) is 9.50. The van der Waals surface area contributed by atoms with E-state index < -0.39 is 14.9 Å². The number of sulfonamides is 1. The van der Waals surface area contributed by atoms with Crippen molar-refractivity contribution in [3.05, 3.63) is 91.9 Å². The van der Waals surface area contributed by atoms with Crippen molar-refractivity contribution in [3.8, 4) is 0 Å². The zero-order chi connectivity index (χ0) is 27.3. The van der Waals surface area contributed by atoms with Crippen LogP contribution in [0.25, 0.3) is 0 Å². The molecule has 38 heavy (non-hydrogen) atoms. The second-order valence-corrected chi connectivity index (χ2v) is 12.4. The lowest BCUT2D eigenvalue weighted by molar-refractivity contribution is -0.384. The van der Waals surface area contributed by atoms with Crippen molar-refractivity contribution in [2.24, 2.45) is 0 Å². The molecule has 8 nitrogen and oxygen atoms in total. The molecule has 4 rings (SSSR count). The van der Waals surface area contributed by atoms with E-state index in [0.717, 1.165) is 47.4 Å². The Morgan fingerprint density at radius 1 is 1.03 bits per heavy atom. The molecule has 1 aliphatic carbocycles. The summed E-state index contributed by atoms with van der Waals surface area (Å²) in [4.78, 5) is 26.8. The number of halogens is 1. The van der Waals surface area contributed by atoms with E-state index in [4.69, 9.17) is 0 Å². The van der Waals surface area contributed by atoms with Gasteiger partial charge in [0.15, 0.2) is 0 Å². The van der Waals surface area contributed by atoms with Gasteiger partial charge < -0.3 is 4.90 Å². The molecular weight excluding hydrogens is 529 g/mol. The van der Waals surface area contributed by atoms with E-state index in [9.17, 15) is 27.7 Å². The molecule has 0 atom stereocenters. The van der Waals surface area contributed by atoms with E-state index in [-0.39, 0.29) is 41.4 Å². The lowest BCUT2D eigenvalue weighted by Crippen LogP contribution is -2.47. The third-order valence-corrected chi connectivity index (χ3v) is 9.79. The molecule has 0 aliphatic heterocycles. The van der Waals surface area contributed by atoms with Crippen LogP contribution in [0.15, 0.2) is 64.9 Å². The first kappa shape index (κ1) is 27.9. The predicted molar refractivity (Wildman–Crippen MR) is 144 cm³/mol. The number of amides is 1. The van der Waals surface area contributed by atoms with Crippen LogP contribution in [0.5, 0.6) is 0 Å². The van der Waals surface area contributed by atoms with Crippen molar-refractivity contribution >= 4 is 33.0 Å². The van der Waals surface area contributed by atoms with Crippen molar-refractivity contribution in [1.29, 1.82) is 0 Å². The van der Waals surface area contributed by atoms with Gasteiger partial charge in [0.1, 0.15) is 5.82 Å². The summed E-state index contributed by atoms with van der Waals surface area (Å²) in [5.41, 5.74) is 1.56. The molecular formula is C27H30FN3O5S2. The molecule has 2 aromatic carbocycles. The number of rotatable bonds is 10. The molecule has 0 spiro atoms. The smallest absolute Gasteiger partial charge is 0.269 e. The molecule has 1 heterocycles. The Morgan fingerprint density at radius 3 is 2.26 bits per heavy atom. The molecule has 3 aromatic rings. The van der Waals surface area contributed by atoms with Crippen molar-refractivity contribution in [2.75, 3.05) is 6.54 Å². The largest absolute Gasteiger partial charge is 0.332 e. The lowest BCUT2D eigenvalue weighted by atomic mass is 9.95. The van der Waals surface area contributed by atoms with Crippen molar-refractivity contribution in [1.82, 2.24) is 9.21 Å². The van der Waals surface area contributed by atoms with Gasteiger partial charge in [-0.15, -0.1) is 11.3 Å². The van der Waals surface area contributed by atoms with Crippen molar-refractivity contribution in [3.63, 3.8) is 0 Å². The molecule has 1 fully saturated rings. The summed E-state index contributed by atoms with van der Waals surface area (Å²) in [5.74, 6) is -0.739. The first-order valence-electron chi connectivity index (χ1n) is 12.5. The summed E-state index contributed by atoms with van der Waals surface area (Å²) in [6.07, 6.45) is 4.00. The third kappa shape index (κ3) is 6.64. The molecule has 11 heteroatoms. The summed E-state index contributed by atoms with van der Waals surface area (Å²) in [7, 11) is -4.10. The fourth-order valence-electron chi connectivity index (χ4n) is 4.67. The molecule has 0 saturated heterocycles. The zero-order valence-electron chi connectivity index (χ0n) is 21.1. The number of non-ortho nitro benzene ring substituents is 1. The van der Waals surface area contributed by atoms with Crippen molar-refractivity contribution < 1.29 is 22.5 Å². The Kier molecular flexibility index (Phi) is 8.91. The fraction of sp³-hybridized carbons (Fsp3) is 0.370. The van der Waals surface area contributed by atoms with Gasteiger partial charge in [-0.3, -0.25) is 14.9 Å². The highest BCUT2D eigenvalue weighted by molar-refractivity contribution is 7.89. The zero-order valence-corrected chi connectivity index (χ0v) is 22.7. The molecule has 1 amide bonds. The number of carbonyl (C=O) groups is 1. The van der Waals surface area contributed by atoms with Crippen LogP contribution in [0.3, 0.4) is 0 Å². The Labute approximate surface area is 225 Å². The maximum Gasteiger partial charge on any atom is 0.269 e. The van der Waals surface area contributed by atoms with Crippen LogP contribution < -0.4 is 0 Å². The van der Waals surface area contributed by atoms with Crippen LogP contribution in [0.1, 0.15) is 48.1 Å². The van der Waals surface area contributed by atoms with Gasteiger partial charge in [-0.1, -0.05) is 31.4 Å². The number of thiophene rings is 1. The van der Waals surface area contributed by atoms with Crippen LogP contribution in [-0.2, 0) is 27.9 Å². The van der Waals surface area contributed by atoms with E-state index in [2.05, 4.69) is 0 Å². The van der Waals surface area contributed by atoms with E-state index in [1.165, 1.54) is 39.9 Å². The quantitative estimate of drug-likeness (QED) is 0.236. The topological polar surface area (TPSA) is 101 Å². The van der Waals surface area contributed by atoms with Gasteiger partial charge in [0, 0.05) is 29.6 Å². The number of aryl methyl sites for hydroxylation is 1. The number of benzene rings is 2. The number of hydrogen-bond acceptors (Lipinski definition) is 6. The van der Waals surface area contributed by atoms with Gasteiger partial charge in [0.05, 0.1) is 22.9 Å². The highest BCUT2D eigenvalue weighted by Crippen LogP contribution is 2.29. The van der Waals surface area contributed by atoms with Gasteiger partial charge in [0.25, 0.3) is 5.69 Å². The summed E-state index contributed by atoms with van der Waals surface area (Å²) >= 11 is 1.52. The summed E-state index contributed by atoms with van der Waals surface area (Å²) in [6, 6.07) is 12.3. The minimum Gasteiger partial charge on any atom is -0.332 e. The normalized spacial score (nSPS) is 14.5. The molecule has 0 radical (unpaired) electrons. The molecule has 0 N–H and O–H groups in total. The van der Waals surface area contributed by atoms with Gasteiger partial charge in [0.2, 0.25) is 15.9 Å². The first-order chi connectivity index (χ1) is 18.1. The number of carbonyl (C=O) groups excluding carboxylic acids is 1. The molecule has 1 saturated carbocycles. The van der Waals surface area contributed by atoms with E-state index in [1.54, 1.807) is 17.0 Å². The van der Waals surface area contributed by atoms with E-state index in [0.29, 0.717) is 19.4 Å². The first-order valence-corrected chi connectivity index (χ1v) is 14.8. The van der Waals surface area contributed by atoms with Crippen LogP contribution in [0, 0.1) is 22.9 Å². The Hall–Kier alpha value is -3.15. The van der Waals surface area contributed by atoms with Crippen LogP contribution in [0.4, 0.5) is 10.1 Å². The van der Waals surface area contributed by atoms with Gasteiger partial charge in [-0.25, -0.2) is 12.8 Å². The number of nitrogens with zero attached hydrogens (tertiary/aromatic N) is 3. The Bertz CT molecular complexity index is 1370. The van der Waals surface area contributed by atoms with Crippen LogP contribution >= 0.6 is 11.3 Å². The average molecular weight is 560 g/mol. The molecule has 0 bridgehead atoms. The Balaban J connectivity index is 1.64. The van der Waals surface area contributed by atoms with Crippen LogP contribution in [0.2, 0.25) is 0 Å². The lowest BCUT2D eigenvalue weighted by Gasteiger charge is -2.34. The number of hydrogen-bond donors (Lipinski definition) is 0. The molecule has 202 valence electrons. The predicted octanol–water partition coefficient (Wildman–Crippen LogP) is 5.66. The molecule has 1 aromatic heterocycles. The summed E-state index contributed by atoms with van der Waals surface area (Å²) in [6.45, 7) is 2.11. The maximum absolute atomic E-state index is 13.8. The number of nitro benzene ring substituents is 1. The minimum absolute atomic E-state index is 0.0827. The monoisotopic (exact) mass is 559 g/mol. The molecule has 1 aliphatic rings. The fourth-order valence-corrected chi connectivity index (χ4v) is 7.23. The minimum atomic E-state index is -4.10. The highest BCUT2D eigenvalue weighted by atomic mass is 32.2. The van der Waals surface area contributed by atoms with Gasteiger partial charge >= 0.3 is 0 Å². The van der Waals surface area contributed by atoms with Crippen molar-refractivity contribution in [2.45, 2.75) is 63.1 Å². The summed E-state index contributed by atoms with van der Waals surface area (Å²) in [5, 5.41) is 13.0. The average Bonchev–Trinajstić information content (AvgIpc) is 3.32. The number of nitro groups is 1. The van der Waals surface area contributed by atoms with Gasteiger partial charge in [-0.2, -0.15) is 4.31 Å². The second kappa shape index (κ2) is 12.1. The standard InChI is InChI=1S/C27H30FN3O5S2/c1-20-15-16-37-26(20)18-29(17-21-7-9-22(28)10-8-21)27(32)19-30(23-5-3-2-4-6-23)38(35,36)25-13-11-24(12-14-25)31(33)34/h7-16,23H,2-6,17-19H2,1H3. The SMILES string of the molecule is Cc1ccsc1CN(Cc1ccc(F)cc1)C(=O)CN(C1CCCCC1)S(=O)(=O)c1ccc([N+](=O)[O-])cc1. The van der Waals surface area contributed by atoms with E-state index in [1.807, 2.05) is 18.4 Å². The highest BCUT2D eigenvalue weighted by Gasteiger charge is 2.35.